The highest BCUT2D eigenvalue weighted by atomic mass is 32.1. The lowest BCUT2D eigenvalue weighted by molar-refractivity contribution is -0.113. The van der Waals surface area contributed by atoms with Crippen LogP contribution in [-0.4, -0.2) is 18.1 Å². The Bertz CT molecular complexity index is 937. The van der Waals surface area contributed by atoms with E-state index in [0.29, 0.717) is 16.4 Å². The molecule has 2 aromatic rings. The average molecular weight is 382 g/mol. The van der Waals surface area contributed by atoms with Crippen molar-refractivity contribution in [2.75, 3.05) is 12.4 Å². The highest BCUT2D eigenvalue weighted by Gasteiger charge is 2.31. The van der Waals surface area contributed by atoms with Gasteiger partial charge in [-0.3, -0.25) is 4.79 Å². The predicted molar refractivity (Wildman–Crippen MR) is 112 cm³/mol. The minimum atomic E-state index is -0.402. The molecule has 0 aromatic heterocycles. The molecule has 0 bridgehead atoms. The molecule has 0 fully saturated rings. The quantitative estimate of drug-likeness (QED) is 0.704. The van der Waals surface area contributed by atoms with E-state index in [4.69, 9.17) is 17.0 Å². The van der Waals surface area contributed by atoms with Crippen molar-refractivity contribution in [2.45, 2.75) is 26.8 Å². The van der Waals surface area contributed by atoms with Crippen molar-refractivity contribution in [3.8, 4) is 5.75 Å². The van der Waals surface area contributed by atoms with E-state index in [2.05, 4.69) is 16.0 Å². The van der Waals surface area contributed by atoms with Crippen molar-refractivity contribution in [1.82, 2.24) is 10.6 Å². The summed E-state index contributed by atoms with van der Waals surface area (Å²) in [5.74, 6) is 0.516. The molecule has 0 aliphatic carbocycles. The third-order valence-electron chi connectivity index (χ3n) is 4.59. The van der Waals surface area contributed by atoms with E-state index in [0.717, 1.165) is 28.1 Å². The zero-order valence-electron chi connectivity index (χ0n) is 15.8. The third kappa shape index (κ3) is 3.95. The smallest absolute Gasteiger partial charge is 0.255 e. The van der Waals surface area contributed by atoms with Gasteiger partial charge < -0.3 is 20.7 Å². The number of anilines is 1. The number of hydrogen-bond acceptors (Lipinski definition) is 3. The van der Waals surface area contributed by atoms with Crippen LogP contribution in [0.15, 0.2) is 53.7 Å². The molecule has 1 heterocycles. The molecule has 3 N–H and O–H groups in total. The third-order valence-corrected chi connectivity index (χ3v) is 4.81. The van der Waals surface area contributed by atoms with Gasteiger partial charge in [0.25, 0.3) is 5.91 Å². The van der Waals surface area contributed by atoms with Crippen LogP contribution < -0.4 is 20.7 Å². The Morgan fingerprint density at radius 2 is 1.89 bits per heavy atom. The molecule has 0 spiro atoms. The Labute approximate surface area is 164 Å². The maximum Gasteiger partial charge on any atom is 0.255 e. The van der Waals surface area contributed by atoms with Crippen LogP contribution in [-0.2, 0) is 4.79 Å². The number of benzene rings is 2. The van der Waals surface area contributed by atoms with Crippen LogP contribution in [0.1, 0.15) is 29.7 Å². The molecule has 6 heteroatoms. The normalized spacial score (nSPS) is 16.4. The second kappa shape index (κ2) is 7.80. The number of rotatable bonds is 4. The number of allylic oxidation sites excluding steroid dienone is 1. The second-order valence-electron chi connectivity index (χ2n) is 6.58. The van der Waals surface area contributed by atoms with Gasteiger partial charge in [0.05, 0.1) is 18.7 Å². The van der Waals surface area contributed by atoms with Crippen molar-refractivity contribution in [3.05, 3.63) is 70.4 Å². The molecule has 0 saturated carbocycles. The summed E-state index contributed by atoms with van der Waals surface area (Å²) in [7, 11) is 1.62. The summed E-state index contributed by atoms with van der Waals surface area (Å²) >= 11 is 5.31. The SMILES string of the molecule is COc1ccccc1[C@H]1NC(=S)NC(C)=C1C(=O)Nc1ccc(C)cc1C. The van der Waals surface area contributed by atoms with Gasteiger partial charge in [0, 0.05) is 16.9 Å². The van der Waals surface area contributed by atoms with E-state index in [1.165, 1.54) is 0 Å². The molecule has 3 rings (SSSR count). The van der Waals surface area contributed by atoms with Crippen molar-refractivity contribution >= 4 is 28.9 Å². The molecule has 0 saturated heterocycles. The number of aryl methyl sites for hydroxylation is 2. The van der Waals surface area contributed by atoms with E-state index in [1.807, 2.05) is 63.2 Å². The largest absolute Gasteiger partial charge is 0.496 e. The summed E-state index contributed by atoms with van der Waals surface area (Å²) < 4.78 is 5.49. The number of carbonyl (C=O) groups is 1. The molecule has 1 atom stereocenters. The number of methoxy groups -OCH3 is 1. The summed E-state index contributed by atoms with van der Waals surface area (Å²) in [5, 5.41) is 9.76. The molecule has 5 nitrogen and oxygen atoms in total. The van der Waals surface area contributed by atoms with E-state index in [1.54, 1.807) is 7.11 Å². The van der Waals surface area contributed by atoms with Crippen molar-refractivity contribution in [2.24, 2.45) is 0 Å². The highest BCUT2D eigenvalue weighted by Crippen LogP contribution is 2.33. The number of para-hydroxylation sites is 1. The lowest BCUT2D eigenvalue weighted by atomic mass is 9.94. The molecule has 0 radical (unpaired) electrons. The Hall–Kier alpha value is -2.86. The van der Waals surface area contributed by atoms with Gasteiger partial charge in [-0.2, -0.15) is 0 Å². The van der Waals surface area contributed by atoms with Gasteiger partial charge >= 0.3 is 0 Å². The van der Waals surface area contributed by atoms with Crippen LogP contribution >= 0.6 is 12.2 Å². The van der Waals surface area contributed by atoms with Crippen LogP contribution in [0, 0.1) is 13.8 Å². The molecule has 0 unspecified atom stereocenters. The van der Waals surface area contributed by atoms with E-state index in [9.17, 15) is 4.79 Å². The summed E-state index contributed by atoms with van der Waals surface area (Å²) in [6.45, 7) is 5.86. The topological polar surface area (TPSA) is 62.4 Å². The first-order valence-electron chi connectivity index (χ1n) is 8.70. The standard InChI is InChI=1S/C21H23N3O2S/c1-12-9-10-16(13(2)11-12)23-20(25)18-14(3)22-21(27)24-19(18)15-7-5-6-8-17(15)26-4/h5-11,19H,1-4H3,(H,23,25)(H2,22,24,27)/t19-/m1/s1. The van der Waals surface area contributed by atoms with Crippen molar-refractivity contribution in [3.63, 3.8) is 0 Å². The second-order valence-corrected chi connectivity index (χ2v) is 6.99. The monoisotopic (exact) mass is 381 g/mol. The first-order chi connectivity index (χ1) is 12.9. The fourth-order valence-corrected chi connectivity index (χ4v) is 3.55. The predicted octanol–water partition coefficient (Wildman–Crippen LogP) is 3.74. The zero-order valence-corrected chi connectivity index (χ0v) is 16.7. The number of thiocarbonyl (C=S) groups is 1. The maximum atomic E-state index is 13.2. The first kappa shape index (κ1) is 18.9. The zero-order chi connectivity index (χ0) is 19.6. The van der Waals surface area contributed by atoms with Crippen LogP contribution in [0.3, 0.4) is 0 Å². The van der Waals surface area contributed by atoms with Gasteiger partial charge in [-0.05, 0) is 50.7 Å². The van der Waals surface area contributed by atoms with Gasteiger partial charge in [0.15, 0.2) is 5.11 Å². The van der Waals surface area contributed by atoms with E-state index < -0.39 is 6.04 Å². The van der Waals surface area contributed by atoms with E-state index >= 15 is 0 Å². The molecule has 140 valence electrons. The summed E-state index contributed by atoms with van der Waals surface area (Å²) in [6, 6.07) is 13.2. The number of hydrogen-bond donors (Lipinski definition) is 3. The fraction of sp³-hybridized carbons (Fsp3) is 0.238. The van der Waals surface area contributed by atoms with Gasteiger partial charge in [-0.15, -0.1) is 0 Å². The summed E-state index contributed by atoms with van der Waals surface area (Å²) in [6.07, 6.45) is 0. The lowest BCUT2D eigenvalue weighted by Crippen LogP contribution is -2.45. The van der Waals surface area contributed by atoms with Crippen molar-refractivity contribution < 1.29 is 9.53 Å². The molecule has 27 heavy (non-hydrogen) atoms. The lowest BCUT2D eigenvalue weighted by Gasteiger charge is -2.31. The molecule has 1 amide bonds. The van der Waals surface area contributed by atoms with Crippen LogP contribution in [0.5, 0.6) is 5.75 Å². The van der Waals surface area contributed by atoms with Crippen LogP contribution in [0.2, 0.25) is 0 Å². The van der Waals surface area contributed by atoms with Gasteiger partial charge in [-0.25, -0.2) is 0 Å². The minimum Gasteiger partial charge on any atom is -0.496 e. The molecule has 1 aliphatic heterocycles. The first-order valence-corrected chi connectivity index (χ1v) is 9.11. The van der Waals surface area contributed by atoms with Gasteiger partial charge in [0.2, 0.25) is 0 Å². The Balaban J connectivity index is 2.00. The van der Waals surface area contributed by atoms with Crippen LogP contribution in [0.25, 0.3) is 0 Å². The number of amides is 1. The van der Waals surface area contributed by atoms with E-state index in [-0.39, 0.29) is 5.91 Å². The minimum absolute atomic E-state index is 0.183. The molecular formula is C21H23N3O2S. The highest BCUT2D eigenvalue weighted by molar-refractivity contribution is 7.80. The number of ether oxygens (including phenoxy) is 1. The molecule has 1 aliphatic rings. The number of carbonyl (C=O) groups excluding carboxylic acids is 1. The van der Waals surface area contributed by atoms with Gasteiger partial charge in [0.1, 0.15) is 5.75 Å². The van der Waals surface area contributed by atoms with Crippen LogP contribution in [0.4, 0.5) is 5.69 Å². The summed E-state index contributed by atoms with van der Waals surface area (Å²) in [5.41, 5.74) is 5.11. The Morgan fingerprint density at radius 1 is 1.15 bits per heavy atom. The maximum absolute atomic E-state index is 13.2. The molecule has 2 aromatic carbocycles. The Morgan fingerprint density at radius 3 is 2.59 bits per heavy atom. The number of nitrogens with one attached hydrogen (secondary N) is 3. The summed E-state index contributed by atoms with van der Waals surface area (Å²) in [4.78, 5) is 13.2. The van der Waals surface area contributed by atoms with Gasteiger partial charge in [-0.1, -0.05) is 35.9 Å². The Kier molecular flexibility index (Phi) is 5.46. The van der Waals surface area contributed by atoms with Crippen molar-refractivity contribution in [1.29, 1.82) is 0 Å². The molecular weight excluding hydrogens is 358 g/mol. The fourth-order valence-electron chi connectivity index (χ4n) is 3.28. The average Bonchev–Trinajstić information content (AvgIpc) is 2.63.